The van der Waals surface area contributed by atoms with Crippen LogP contribution in [-0.4, -0.2) is 83.2 Å². The molecule has 1 amide bonds. The first kappa shape index (κ1) is 24.5. The summed E-state index contributed by atoms with van der Waals surface area (Å²) < 4.78 is 12.9. The Morgan fingerprint density at radius 1 is 0.921 bits per heavy atom. The second kappa shape index (κ2) is 10.9. The second-order valence-corrected chi connectivity index (χ2v) is 9.60. The highest BCUT2D eigenvalue weighted by Gasteiger charge is 2.18. The van der Waals surface area contributed by atoms with Crippen LogP contribution in [0.4, 0.5) is 11.6 Å². The van der Waals surface area contributed by atoms with Gasteiger partial charge in [-0.2, -0.15) is 5.10 Å². The van der Waals surface area contributed by atoms with E-state index >= 15 is 0 Å². The Morgan fingerprint density at radius 2 is 1.71 bits per heavy atom. The topological polar surface area (TPSA) is 97.6 Å². The van der Waals surface area contributed by atoms with Crippen LogP contribution in [0.2, 0.25) is 0 Å². The van der Waals surface area contributed by atoms with E-state index in [0.717, 1.165) is 73.7 Å². The van der Waals surface area contributed by atoms with Crippen molar-refractivity contribution >= 4 is 28.3 Å². The quantitative estimate of drug-likeness (QED) is 0.420. The number of hydrogen-bond acceptors (Lipinski definition) is 8. The molecule has 2 fully saturated rings. The van der Waals surface area contributed by atoms with Gasteiger partial charge in [0.1, 0.15) is 11.6 Å². The molecule has 0 aliphatic carbocycles. The molecule has 0 unspecified atom stereocenters. The summed E-state index contributed by atoms with van der Waals surface area (Å²) in [7, 11) is 1.99. The molecule has 1 aromatic carbocycles. The Labute approximate surface area is 221 Å². The van der Waals surface area contributed by atoms with Gasteiger partial charge in [0.15, 0.2) is 0 Å². The standard InChI is InChI=1S/C28H31N7O3/c1-33-25(19-34-6-10-37-11-7-34)24(18-31-33)20-2-3-22-17-30-26(15-23(22)14-20)32-28(36)21-4-5-29-27(16-21)35-8-12-38-13-9-35/h2-5,14-18H,6-13,19H2,1H3,(H,30,32,36). The number of carbonyl (C=O) groups excluding carboxylic acids is 1. The number of rotatable bonds is 6. The molecule has 38 heavy (non-hydrogen) atoms. The van der Waals surface area contributed by atoms with Crippen LogP contribution in [0.3, 0.4) is 0 Å². The fraction of sp³-hybridized carbons (Fsp3) is 0.357. The fourth-order valence-corrected chi connectivity index (χ4v) is 4.95. The van der Waals surface area contributed by atoms with Gasteiger partial charge in [-0.1, -0.05) is 12.1 Å². The molecule has 2 saturated heterocycles. The molecule has 2 aliphatic heterocycles. The number of ether oxygens (including phenoxy) is 2. The van der Waals surface area contributed by atoms with Crippen LogP contribution in [0.5, 0.6) is 0 Å². The average Bonchev–Trinajstić information content (AvgIpc) is 3.33. The van der Waals surface area contributed by atoms with Gasteiger partial charge in [-0.15, -0.1) is 0 Å². The lowest BCUT2D eigenvalue weighted by atomic mass is 10.0. The number of hydrogen-bond donors (Lipinski definition) is 1. The first-order chi connectivity index (χ1) is 18.6. The van der Waals surface area contributed by atoms with E-state index in [2.05, 4.69) is 48.4 Å². The largest absolute Gasteiger partial charge is 0.379 e. The van der Waals surface area contributed by atoms with E-state index in [0.29, 0.717) is 24.6 Å². The Kier molecular flexibility index (Phi) is 7.00. The zero-order chi connectivity index (χ0) is 25.9. The maximum atomic E-state index is 13.1. The molecule has 5 heterocycles. The summed E-state index contributed by atoms with van der Waals surface area (Å²) in [6, 6.07) is 11.8. The highest BCUT2D eigenvalue weighted by molar-refractivity contribution is 6.05. The highest BCUT2D eigenvalue weighted by atomic mass is 16.5. The van der Waals surface area contributed by atoms with Gasteiger partial charge >= 0.3 is 0 Å². The maximum Gasteiger partial charge on any atom is 0.257 e. The predicted molar refractivity (Wildman–Crippen MR) is 145 cm³/mol. The SMILES string of the molecule is Cn1ncc(-c2ccc3cnc(NC(=O)c4ccnc(N5CCOCC5)c4)cc3c2)c1CN1CCOCC1. The first-order valence-electron chi connectivity index (χ1n) is 13.0. The number of nitrogens with one attached hydrogen (secondary N) is 1. The summed E-state index contributed by atoms with van der Waals surface area (Å²) in [6.45, 7) is 7.03. The van der Waals surface area contributed by atoms with Crippen LogP contribution in [0, 0.1) is 0 Å². The van der Waals surface area contributed by atoms with Gasteiger partial charge in [-0.05, 0) is 35.2 Å². The Bertz CT molecular complexity index is 1440. The minimum Gasteiger partial charge on any atom is -0.379 e. The number of amides is 1. The number of pyridine rings is 2. The molecule has 10 heteroatoms. The number of nitrogens with zero attached hydrogens (tertiary/aromatic N) is 6. The first-order valence-corrected chi connectivity index (χ1v) is 13.0. The lowest BCUT2D eigenvalue weighted by Gasteiger charge is -2.27. The van der Waals surface area contributed by atoms with E-state index in [1.807, 2.05) is 30.1 Å². The van der Waals surface area contributed by atoms with Crippen LogP contribution in [0.1, 0.15) is 16.1 Å². The third-order valence-corrected chi connectivity index (χ3v) is 7.16. The van der Waals surface area contributed by atoms with Crippen molar-refractivity contribution in [1.29, 1.82) is 0 Å². The number of anilines is 2. The molecule has 4 aromatic rings. The molecule has 0 bridgehead atoms. The number of carbonyl (C=O) groups is 1. The van der Waals surface area contributed by atoms with Crippen molar-refractivity contribution in [3.05, 3.63) is 66.2 Å². The van der Waals surface area contributed by atoms with Crippen molar-refractivity contribution in [1.82, 2.24) is 24.6 Å². The lowest BCUT2D eigenvalue weighted by Crippen LogP contribution is -2.36. The molecule has 0 atom stereocenters. The van der Waals surface area contributed by atoms with Crippen molar-refractivity contribution in [2.24, 2.45) is 7.05 Å². The zero-order valence-electron chi connectivity index (χ0n) is 21.5. The maximum absolute atomic E-state index is 13.1. The number of aryl methyl sites for hydroxylation is 1. The van der Waals surface area contributed by atoms with E-state index in [-0.39, 0.29) is 5.91 Å². The Morgan fingerprint density at radius 3 is 2.53 bits per heavy atom. The monoisotopic (exact) mass is 513 g/mol. The molecule has 10 nitrogen and oxygen atoms in total. The van der Waals surface area contributed by atoms with Crippen molar-refractivity contribution < 1.29 is 14.3 Å². The van der Waals surface area contributed by atoms with Gasteiger partial charge in [-0.25, -0.2) is 9.97 Å². The third-order valence-electron chi connectivity index (χ3n) is 7.16. The van der Waals surface area contributed by atoms with Crippen molar-refractivity contribution in [2.45, 2.75) is 6.54 Å². The minimum atomic E-state index is -0.218. The molecule has 6 rings (SSSR count). The van der Waals surface area contributed by atoms with E-state index in [4.69, 9.17) is 9.47 Å². The molecule has 196 valence electrons. The minimum absolute atomic E-state index is 0.218. The van der Waals surface area contributed by atoms with Gasteiger partial charge in [-0.3, -0.25) is 14.4 Å². The summed E-state index contributed by atoms with van der Waals surface area (Å²) in [6.07, 6.45) is 5.39. The van der Waals surface area contributed by atoms with Crippen LogP contribution < -0.4 is 10.2 Å². The third kappa shape index (κ3) is 5.24. The number of morpholine rings is 2. The van der Waals surface area contributed by atoms with E-state index < -0.39 is 0 Å². The van der Waals surface area contributed by atoms with Crippen LogP contribution >= 0.6 is 0 Å². The van der Waals surface area contributed by atoms with Gasteiger partial charge in [0, 0.05) is 68.7 Å². The molecular formula is C28H31N7O3. The predicted octanol–water partition coefficient (Wildman–Crippen LogP) is 2.95. The number of aromatic nitrogens is 4. The zero-order valence-corrected chi connectivity index (χ0v) is 21.5. The molecular weight excluding hydrogens is 482 g/mol. The van der Waals surface area contributed by atoms with E-state index in [1.54, 1.807) is 18.5 Å². The van der Waals surface area contributed by atoms with E-state index in [9.17, 15) is 4.79 Å². The molecule has 1 N–H and O–H groups in total. The summed E-state index contributed by atoms with van der Waals surface area (Å²) >= 11 is 0. The summed E-state index contributed by atoms with van der Waals surface area (Å²) in [5.41, 5.74) is 3.90. The Balaban J connectivity index is 1.22. The van der Waals surface area contributed by atoms with Crippen LogP contribution in [0.15, 0.2) is 55.0 Å². The van der Waals surface area contributed by atoms with Gasteiger partial charge in [0.05, 0.1) is 38.3 Å². The van der Waals surface area contributed by atoms with Crippen molar-refractivity contribution in [3.8, 4) is 11.1 Å². The smallest absolute Gasteiger partial charge is 0.257 e. The Hall–Kier alpha value is -3.86. The van der Waals surface area contributed by atoms with Crippen molar-refractivity contribution in [3.63, 3.8) is 0 Å². The lowest BCUT2D eigenvalue weighted by molar-refractivity contribution is 0.0332. The second-order valence-electron chi connectivity index (χ2n) is 9.60. The van der Waals surface area contributed by atoms with Gasteiger partial charge in [0.2, 0.25) is 0 Å². The summed E-state index contributed by atoms with van der Waals surface area (Å²) in [5, 5.41) is 9.50. The average molecular weight is 514 g/mol. The number of fused-ring (bicyclic) bond motifs is 1. The molecule has 3 aromatic heterocycles. The summed E-state index contributed by atoms with van der Waals surface area (Å²) in [4.78, 5) is 26.5. The summed E-state index contributed by atoms with van der Waals surface area (Å²) in [5.74, 6) is 1.07. The molecule has 2 aliphatic rings. The normalized spacial score (nSPS) is 16.6. The molecule has 0 saturated carbocycles. The van der Waals surface area contributed by atoms with Crippen molar-refractivity contribution in [2.75, 3.05) is 62.8 Å². The van der Waals surface area contributed by atoms with Gasteiger partial charge < -0.3 is 19.7 Å². The highest BCUT2D eigenvalue weighted by Crippen LogP contribution is 2.29. The van der Waals surface area contributed by atoms with Crippen LogP contribution in [-0.2, 0) is 23.1 Å². The number of benzene rings is 1. The molecule has 0 radical (unpaired) electrons. The van der Waals surface area contributed by atoms with Gasteiger partial charge in [0.25, 0.3) is 5.91 Å². The fourth-order valence-electron chi connectivity index (χ4n) is 4.95. The van der Waals surface area contributed by atoms with Crippen LogP contribution in [0.25, 0.3) is 21.9 Å². The molecule has 0 spiro atoms. The van der Waals surface area contributed by atoms with E-state index in [1.165, 1.54) is 5.69 Å².